The molecule has 1 fully saturated rings. The minimum atomic E-state index is 0.201. The van der Waals surface area contributed by atoms with E-state index in [1.54, 1.807) is 0 Å². The fourth-order valence-electron chi connectivity index (χ4n) is 3.08. The highest BCUT2D eigenvalue weighted by molar-refractivity contribution is 6.31. The molecule has 1 aromatic carbocycles. The van der Waals surface area contributed by atoms with Gasteiger partial charge in [-0.2, -0.15) is 0 Å². The third kappa shape index (κ3) is 4.21. The standard InChI is InChI=1S/C18H29ClN2/c1-13(15-8-6-7-9-16(15)19)21(5)17-11-10-14(17)12-20-18(2,3)4/h6-9,13-14,17,20H,10-12H2,1-5H3. The lowest BCUT2D eigenvalue weighted by atomic mass is 9.77. The Balaban J connectivity index is 1.97. The molecule has 0 saturated heterocycles. The largest absolute Gasteiger partial charge is 0.312 e. The van der Waals surface area contributed by atoms with E-state index < -0.39 is 0 Å². The van der Waals surface area contributed by atoms with Gasteiger partial charge in [-0.25, -0.2) is 0 Å². The second kappa shape index (κ2) is 6.68. The lowest BCUT2D eigenvalue weighted by Crippen LogP contribution is -2.52. The summed E-state index contributed by atoms with van der Waals surface area (Å²) in [6.07, 6.45) is 2.62. The fourth-order valence-corrected chi connectivity index (χ4v) is 3.38. The highest BCUT2D eigenvalue weighted by Crippen LogP contribution is 2.37. The first-order valence-electron chi connectivity index (χ1n) is 8.01. The Hall–Kier alpha value is -0.570. The van der Waals surface area contributed by atoms with E-state index in [1.807, 2.05) is 12.1 Å². The lowest BCUT2D eigenvalue weighted by molar-refractivity contribution is 0.0516. The zero-order valence-electron chi connectivity index (χ0n) is 14.0. The zero-order chi connectivity index (χ0) is 15.6. The fraction of sp³-hybridized carbons (Fsp3) is 0.667. The Bertz CT molecular complexity index is 467. The number of nitrogens with one attached hydrogen (secondary N) is 1. The zero-order valence-corrected chi connectivity index (χ0v) is 14.7. The Morgan fingerprint density at radius 1 is 1.29 bits per heavy atom. The van der Waals surface area contributed by atoms with Crippen molar-refractivity contribution in [2.24, 2.45) is 5.92 Å². The predicted octanol–water partition coefficient (Wildman–Crippen LogP) is 4.50. The van der Waals surface area contributed by atoms with Crippen molar-refractivity contribution in [1.29, 1.82) is 0 Å². The number of benzene rings is 1. The van der Waals surface area contributed by atoms with Crippen molar-refractivity contribution in [3.8, 4) is 0 Å². The van der Waals surface area contributed by atoms with Gasteiger partial charge in [-0.15, -0.1) is 0 Å². The van der Waals surface area contributed by atoms with Crippen LogP contribution in [0.2, 0.25) is 5.02 Å². The lowest BCUT2D eigenvalue weighted by Gasteiger charge is -2.46. The number of hydrogen-bond donors (Lipinski definition) is 1. The summed E-state index contributed by atoms with van der Waals surface area (Å²) in [5.74, 6) is 0.749. The molecule has 1 aliphatic rings. The first-order valence-corrected chi connectivity index (χ1v) is 8.39. The van der Waals surface area contributed by atoms with Crippen LogP contribution in [-0.4, -0.2) is 30.1 Å². The molecule has 0 heterocycles. The van der Waals surface area contributed by atoms with Gasteiger partial charge < -0.3 is 5.32 Å². The molecule has 3 unspecified atom stereocenters. The molecule has 1 saturated carbocycles. The van der Waals surface area contributed by atoms with Crippen LogP contribution in [0.15, 0.2) is 24.3 Å². The van der Waals surface area contributed by atoms with Crippen LogP contribution in [-0.2, 0) is 0 Å². The van der Waals surface area contributed by atoms with Crippen LogP contribution in [0, 0.1) is 5.92 Å². The molecule has 0 amide bonds. The van der Waals surface area contributed by atoms with Gasteiger partial charge >= 0.3 is 0 Å². The van der Waals surface area contributed by atoms with Crippen LogP contribution in [0.5, 0.6) is 0 Å². The van der Waals surface area contributed by atoms with Crippen molar-refractivity contribution in [1.82, 2.24) is 10.2 Å². The van der Waals surface area contributed by atoms with E-state index in [-0.39, 0.29) is 5.54 Å². The Kier molecular flexibility index (Phi) is 5.34. The molecule has 0 spiro atoms. The van der Waals surface area contributed by atoms with Gasteiger partial charge in [0.15, 0.2) is 0 Å². The van der Waals surface area contributed by atoms with E-state index >= 15 is 0 Å². The van der Waals surface area contributed by atoms with Gasteiger partial charge in [-0.3, -0.25) is 4.90 Å². The van der Waals surface area contributed by atoms with Gasteiger partial charge in [-0.1, -0.05) is 29.8 Å². The molecule has 0 aromatic heterocycles. The van der Waals surface area contributed by atoms with Crippen LogP contribution in [0.4, 0.5) is 0 Å². The topological polar surface area (TPSA) is 15.3 Å². The summed E-state index contributed by atoms with van der Waals surface area (Å²) in [5.41, 5.74) is 1.43. The first-order chi connectivity index (χ1) is 9.79. The summed E-state index contributed by atoms with van der Waals surface area (Å²) in [6.45, 7) is 10.1. The normalized spacial score (nSPS) is 24.0. The van der Waals surface area contributed by atoms with E-state index in [0.717, 1.165) is 17.5 Å². The summed E-state index contributed by atoms with van der Waals surface area (Å²) in [6, 6.07) is 9.22. The average molecular weight is 309 g/mol. The van der Waals surface area contributed by atoms with Crippen molar-refractivity contribution in [3.05, 3.63) is 34.9 Å². The van der Waals surface area contributed by atoms with E-state index in [4.69, 9.17) is 11.6 Å². The van der Waals surface area contributed by atoms with Crippen LogP contribution in [0.25, 0.3) is 0 Å². The van der Waals surface area contributed by atoms with Crippen LogP contribution >= 0.6 is 11.6 Å². The van der Waals surface area contributed by atoms with E-state index in [2.05, 4.69) is 57.1 Å². The smallest absolute Gasteiger partial charge is 0.0453 e. The van der Waals surface area contributed by atoms with Gasteiger partial charge in [0.05, 0.1) is 0 Å². The molecule has 21 heavy (non-hydrogen) atoms. The maximum Gasteiger partial charge on any atom is 0.0453 e. The van der Waals surface area contributed by atoms with Crippen LogP contribution < -0.4 is 5.32 Å². The SMILES string of the molecule is CC(c1ccccc1Cl)N(C)C1CCC1CNC(C)(C)C. The van der Waals surface area contributed by atoms with Gasteiger partial charge in [0.25, 0.3) is 0 Å². The predicted molar refractivity (Wildman–Crippen MR) is 91.9 cm³/mol. The molecule has 0 radical (unpaired) electrons. The third-order valence-electron chi connectivity index (χ3n) is 4.76. The number of hydrogen-bond acceptors (Lipinski definition) is 2. The molecule has 3 heteroatoms. The van der Waals surface area contributed by atoms with Crippen molar-refractivity contribution in [3.63, 3.8) is 0 Å². The molecule has 1 aliphatic carbocycles. The average Bonchev–Trinajstić information content (AvgIpc) is 2.36. The summed E-state index contributed by atoms with van der Waals surface area (Å²) in [7, 11) is 2.24. The molecule has 1 N–H and O–H groups in total. The van der Waals surface area contributed by atoms with Gasteiger partial charge in [0, 0.05) is 22.6 Å². The highest BCUT2D eigenvalue weighted by Gasteiger charge is 2.36. The molecular formula is C18H29ClN2. The summed E-state index contributed by atoms with van der Waals surface area (Å²) < 4.78 is 0. The van der Waals surface area contributed by atoms with E-state index in [1.165, 1.54) is 18.4 Å². The van der Waals surface area contributed by atoms with E-state index in [0.29, 0.717) is 12.1 Å². The molecule has 3 atom stereocenters. The summed E-state index contributed by atoms with van der Waals surface area (Å²) in [4.78, 5) is 2.50. The molecule has 118 valence electrons. The van der Waals surface area contributed by atoms with Crippen molar-refractivity contribution in [2.75, 3.05) is 13.6 Å². The molecule has 0 bridgehead atoms. The maximum atomic E-state index is 6.35. The first kappa shape index (κ1) is 16.8. The quantitative estimate of drug-likeness (QED) is 0.861. The Morgan fingerprint density at radius 2 is 1.95 bits per heavy atom. The summed E-state index contributed by atoms with van der Waals surface area (Å²) >= 11 is 6.35. The third-order valence-corrected chi connectivity index (χ3v) is 5.11. The highest BCUT2D eigenvalue weighted by atomic mass is 35.5. The van der Waals surface area contributed by atoms with Gasteiger partial charge in [0.1, 0.15) is 0 Å². The molecular weight excluding hydrogens is 280 g/mol. The van der Waals surface area contributed by atoms with Crippen LogP contribution in [0.3, 0.4) is 0 Å². The monoisotopic (exact) mass is 308 g/mol. The molecule has 1 aromatic rings. The van der Waals surface area contributed by atoms with Gasteiger partial charge in [-0.05, 0) is 71.7 Å². The summed E-state index contributed by atoms with van der Waals surface area (Å²) in [5, 5.41) is 4.52. The molecule has 2 rings (SSSR count). The Morgan fingerprint density at radius 3 is 2.48 bits per heavy atom. The second-order valence-electron chi connectivity index (χ2n) is 7.40. The maximum absolute atomic E-state index is 6.35. The minimum absolute atomic E-state index is 0.201. The number of nitrogens with zero attached hydrogens (tertiary/aromatic N) is 1. The van der Waals surface area contributed by atoms with Crippen molar-refractivity contribution in [2.45, 2.75) is 58.2 Å². The molecule has 2 nitrogen and oxygen atoms in total. The van der Waals surface area contributed by atoms with Gasteiger partial charge in [0.2, 0.25) is 0 Å². The number of halogens is 1. The molecule has 0 aliphatic heterocycles. The Labute approximate surface area is 134 Å². The van der Waals surface area contributed by atoms with E-state index in [9.17, 15) is 0 Å². The second-order valence-corrected chi connectivity index (χ2v) is 7.81. The number of rotatable bonds is 5. The van der Waals surface area contributed by atoms with Crippen molar-refractivity contribution < 1.29 is 0 Å². The van der Waals surface area contributed by atoms with Crippen molar-refractivity contribution >= 4 is 11.6 Å². The van der Waals surface area contributed by atoms with Crippen LogP contribution in [0.1, 0.15) is 52.1 Å². The minimum Gasteiger partial charge on any atom is -0.312 e.